The Labute approximate surface area is 388 Å². The summed E-state index contributed by atoms with van der Waals surface area (Å²) in [5.41, 5.74) is 11.5. The number of allylic oxidation sites excluding steroid dienone is 11. The summed E-state index contributed by atoms with van der Waals surface area (Å²) in [5, 5.41) is 26.6. The van der Waals surface area contributed by atoms with Gasteiger partial charge in [-0.3, -0.25) is 9.59 Å². The third-order valence-electron chi connectivity index (χ3n) is 14.3. The molecule has 6 atom stereocenters. The zero-order chi connectivity index (χ0) is 47.3. The summed E-state index contributed by atoms with van der Waals surface area (Å²) < 4.78 is 11.1. The highest BCUT2D eigenvalue weighted by Gasteiger charge is 2.49. The Bertz CT molecular complexity index is 2330. The lowest BCUT2D eigenvalue weighted by Crippen LogP contribution is -2.25. The van der Waals surface area contributed by atoms with Gasteiger partial charge in [-0.05, 0) is 113 Å². The topological polar surface area (TPSA) is 142 Å². The van der Waals surface area contributed by atoms with E-state index in [1.165, 1.54) is 57.6 Å². The van der Waals surface area contributed by atoms with Gasteiger partial charge in [-0.1, -0.05) is 97.8 Å². The summed E-state index contributed by atoms with van der Waals surface area (Å²) >= 11 is 0. The van der Waals surface area contributed by atoms with Gasteiger partial charge in [-0.15, -0.1) is 0 Å². The SMILES string of the molecule is C=CC1=C(C)C2=NC1=CC1=NC(=CC3=C(C)C4=C(O)[C@H](C(=O)OC)C(=C5NC(=C2)[C@@H](C)[C@@H]5CCC(=O)OC/C=C(\C)CCC[C@H](C)CCC[C@H](C)CCCC(C)C)C4=N3)C(C(C)O)=C1C. The average molecular weight is 887 g/mol. The molecule has 65 heavy (non-hydrogen) atoms. The first-order valence-corrected chi connectivity index (χ1v) is 24.1. The number of fused-ring (bicyclic) bond motifs is 5. The molecule has 0 aromatic heterocycles. The van der Waals surface area contributed by atoms with Crippen LogP contribution in [-0.4, -0.2) is 59.1 Å². The van der Waals surface area contributed by atoms with Crippen LogP contribution in [0.1, 0.15) is 140 Å². The second-order valence-electron chi connectivity index (χ2n) is 19.8. The van der Waals surface area contributed by atoms with Crippen molar-refractivity contribution in [1.29, 1.82) is 0 Å². The Kier molecular flexibility index (Phi) is 16.3. The van der Waals surface area contributed by atoms with Crippen LogP contribution in [0.3, 0.4) is 0 Å². The summed E-state index contributed by atoms with van der Waals surface area (Å²) in [6, 6.07) is 0. The molecule has 0 aromatic rings. The van der Waals surface area contributed by atoms with Gasteiger partial charge in [0, 0.05) is 51.9 Å². The molecule has 6 rings (SSSR count). The molecule has 0 amide bonds. The second kappa shape index (κ2) is 21.5. The number of esters is 2. The van der Waals surface area contributed by atoms with Crippen LogP contribution in [0, 0.1) is 35.5 Å². The Morgan fingerprint density at radius 2 is 1.51 bits per heavy atom. The van der Waals surface area contributed by atoms with Gasteiger partial charge in [-0.25, -0.2) is 15.0 Å². The van der Waals surface area contributed by atoms with Crippen molar-refractivity contribution in [2.24, 2.45) is 50.5 Å². The number of aliphatic hydroxyl groups is 2. The average Bonchev–Trinajstić information content (AvgIpc) is 4.00. The van der Waals surface area contributed by atoms with E-state index in [4.69, 9.17) is 24.5 Å². The predicted octanol–water partition coefficient (Wildman–Crippen LogP) is 11.9. The van der Waals surface area contributed by atoms with Crippen molar-refractivity contribution in [3.05, 3.63) is 116 Å². The second-order valence-corrected chi connectivity index (χ2v) is 19.8. The van der Waals surface area contributed by atoms with E-state index in [2.05, 4.69) is 53.4 Å². The molecule has 1 saturated heterocycles. The van der Waals surface area contributed by atoms with E-state index < -0.39 is 18.0 Å². The number of nitrogens with zero attached hydrogens (tertiary/aromatic N) is 3. The summed E-state index contributed by atoms with van der Waals surface area (Å²) in [6.45, 7) is 25.5. The third-order valence-corrected chi connectivity index (χ3v) is 14.3. The Morgan fingerprint density at radius 1 is 0.862 bits per heavy atom. The van der Waals surface area contributed by atoms with E-state index in [1.54, 1.807) is 13.0 Å². The normalized spacial score (nSPS) is 23.1. The van der Waals surface area contributed by atoms with Crippen LogP contribution in [0.4, 0.5) is 0 Å². The highest BCUT2D eigenvalue weighted by Crippen LogP contribution is 2.49. The molecule has 0 spiro atoms. The van der Waals surface area contributed by atoms with Crippen LogP contribution in [0.5, 0.6) is 0 Å². The number of aliphatic hydroxyl groups excluding tert-OH is 2. The van der Waals surface area contributed by atoms with Gasteiger partial charge in [0.15, 0.2) is 0 Å². The number of aliphatic imine (C=N–C) groups is 3. The molecule has 10 nitrogen and oxygen atoms in total. The first-order valence-electron chi connectivity index (χ1n) is 24.1. The van der Waals surface area contributed by atoms with Gasteiger partial charge < -0.3 is 25.0 Å². The first-order chi connectivity index (χ1) is 30.9. The molecule has 10 heteroatoms. The molecule has 5 aliphatic heterocycles. The quantitative estimate of drug-likeness (QED) is 0.0816. The van der Waals surface area contributed by atoms with Crippen LogP contribution in [0.2, 0.25) is 0 Å². The lowest BCUT2D eigenvalue weighted by Gasteiger charge is -2.20. The van der Waals surface area contributed by atoms with Crippen molar-refractivity contribution in [1.82, 2.24) is 5.32 Å². The molecular weight excluding hydrogens is 813 g/mol. The molecule has 8 bridgehead atoms. The largest absolute Gasteiger partial charge is 0.510 e. The maximum atomic E-state index is 13.6. The molecule has 1 fully saturated rings. The molecule has 0 radical (unpaired) electrons. The fourth-order valence-corrected chi connectivity index (χ4v) is 10.3. The van der Waals surface area contributed by atoms with Crippen molar-refractivity contribution >= 4 is 29.1 Å². The van der Waals surface area contributed by atoms with Crippen LogP contribution >= 0.6 is 0 Å². The number of hydrogen-bond donors (Lipinski definition) is 3. The van der Waals surface area contributed by atoms with E-state index in [0.717, 1.165) is 52.8 Å². The van der Waals surface area contributed by atoms with Gasteiger partial charge in [0.2, 0.25) is 0 Å². The Balaban J connectivity index is 1.21. The van der Waals surface area contributed by atoms with Gasteiger partial charge in [0.25, 0.3) is 0 Å². The van der Waals surface area contributed by atoms with E-state index in [0.29, 0.717) is 68.8 Å². The lowest BCUT2D eigenvalue weighted by molar-refractivity contribution is -0.144. The van der Waals surface area contributed by atoms with E-state index in [1.807, 2.05) is 45.1 Å². The number of nitrogens with one attached hydrogen (secondary N) is 1. The number of carbonyl (C=O) groups is 2. The Morgan fingerprint density at radius 3 is 2.15 bits per heavy atom. The molecule has 350 valence electrons. The van der Waals surface area contributed by atoms with Crippen molar-refractivity contribution in [2.75, 3.05) is 13.7 Å². The molecule has 0 saturated carbocycles. The number of carbonyl (C=O) groups excluding carboxylic acids is 2. The zero-order valence-corrected chi connectivity index (χ0v) is 41.0. The van der Waals surface area contributed by atoms with Crippen LogP contribution in [0.15, 0.2) is 131 Å². The minimum absolute atomic E-state index is 0.135. The van der Waals surface area contributed by atoms with Crippen molar-refractivity contribution in [3.63, 3.8) is 0 Å². The number of hydrogen-bond acceptors (Lipinski definition) is 10. The fraction of sp³-hybridized carbons (Fsp3) is 0.545. The molecular formula is C55H74N4O6. The maximum absolute atomic E-state index is 13.6. The minimum Gasteiger partial charge on any atom is -0.510 e. The first kappa shape index (κ1) is 49.3. The molecule has 3 N–H and O–H groups in total. The fourth-order valence-electron chi connectivity index (χ4n) is 10.3. The molecule has 0 aromatic carbocycles. The van der Waals surface area contributed by atoms with Gasteiger partial charge in [-0.2, -0.15) is 0 Å². The molecule has 5 heterocycles. The monoisotopic (exact) mass is 887 g/mol. The van der Waals surface area contributed by atoms with Gasteiger partial charge in [0.05, 0.1) is 47.4 Å². The van der Waals surface area contributed by atoms with E-state index in [9.17, 15) is 19.8 Å². The Hall–Kier alpha value is -5.09. The number of methoxy groups -OCH3 is 1. The smallest absolute Gasteiger partial charge is 0.321 e. The van der Waals surface area contributed by atoms with E-state index in [-0.39, 0.29) is 36.6 Å². The van der Waals surface area contributed by atoms with Gasteiger partial charge >= 0.3 is 11.9 Å². The molecule has 1 aliphatic carbocycles. The lowest BCUT2D eigenvalue weighted by atomic mass is 9.84. The minimum atomic E-state index is -1.12. The highest BCUT2D eigenvalue weighted by molar-refractivity contribution is 6.24. The summed E-state index contributed by atoms with van der Waals surface area (Å²) in [4.78, 5) is 42.2. The van der Waals surface area contributed by atoms with Crippen molar-refractivity contribution in [3.8, 4) is 0 Å². The number of rotatable bonds is 20. The third kappa shape index (κ3) is 11.0. The van der Waals surface area contributed by atoms with Crippen LogP contribution in [0.25, 0.3) is 0 Å². The van der Waals surface area contributed by atoms with Crippen LogP contribution < -0.4 is 5.32 Å². The molecule has 1 unspecified atom stereocenters. The summed E-state index contributed by atoms with van der Waals surface area (Å²) in [7, 11) is 1.31. The van der Waals surface area contributed by atoms with Crippen molar-refractivity contribution in [2.45, 2.75) is 146 Å². The van der Waals surface area contributed by atoms with Crippen molar-refractivity contribution < 1.29 is 29.3 Å². The summed E-state index contributed by atoms with van der Waals surface area (Å²) in [5.74, 6) is -0.258. The maximum Gasteiger partial charge on any atom is 0.321 e. The molecule has 6 aliphatic rings. The van der Waals surface area contributed by atoms with E-state index >= 15 is 0 Å². The highest BCUT2D eigenvalue weighted by atomic mass is 16.5. The van der Waals surface area contributed by atoms with Crippen LogP contribution in [-0.2, 0) is 19.1 Å². The predicted molar refractivity (Wildman–Crippen MR) is 263 cm³/mol. The van der Waals surface area contributed by atoms with Gasteiger partial charge in [0.1, 0.15) is 18.3 Å². The summed E-state index contributed by atoms with van der Waals surface area (Å²) in [6.07, 6.45) is 20.6. The number of ether oxygens (including phenoxy) is 2. The zero-order valence-electron chi connectivity index (χ0n) is 41.0. The standard InChI is InChI=1S/C55H74N4O6/c1-13-39-34(7)41-27-42-35(8)40(23-24-47(61)65-26-25-33(6)22-16-21-32(5)20-15-19-31(4)18-14-17-30(2)3)52(58-42)50-51(55(63)64-12)54(62)49-37(10)44(59-53(49)50)29-46-48(38(11)60)36(9)43(57-46)28-45(39)56-41/h13,25,27-32,35,38,40,51,58,60,62H,1,14-24,26H2,2-12H3/b33-25+,42-27?,45-28?,46-29?,52-50?/t31-,32-,35+,38?,40+,51-/m1/s1.